The minimum Gasteiger partial charge on any atom is -0.403 e. The SMILES string of the molecule is C=C(/C=c1\c(=C/N)[nH]c2ncc(F)c(N3CCC(N4CCCCC4)CC3)c12)c1cccnc1. The van der Waals surface area contributed by atoms with E-state index in [-0.39, 0.29) is 5.82 Å². The average molecular weight is 447 g/mol. The number of nitrogens with zero attached hydrogens (tertiary/aromatic N) is 4. The van der Waals surface area contributed by atoms with Gasteiger partial charge in [0.25, 0.3) is 0 Å². The minimum absolute atomic E-state index is 0.303. The molecule has 0 spiro atoms. The monoisotopic (exact) mass is 446 g/mol. The number of nitrogens with two attached hydrogens (primary N) is 1. The van der Waals surface area contributed by atoms with Crippen LogP contribution in [0.25, 0.3) is 28.9 Å². The van der Waals surface area contributed by atoms with E-state index >= 15 is 4.39 Å². The minimum atomic E-state index is -0.303. The van der Waals surface area contributed by atoms with Crippen molar-refractivity contribution in [3.63, 3.8) is 0 Å². The zero-order valence-corrected chi connectivity index (χ0v) is 18.9. The number of H-pyrrole nitrogens is 1. The Morgan fingerprint density at radius 3 is 2.64 bits per heavy atom. The molecule has 6 nitrogen and oxygen atoms in total. The van der Waals surface area contributed by atoms with Crippen molar-refractivity contribution in [2.75, 3.05) is 31.1 Å². The molecule has 2 aliphatic heterocycles. The van der Waals surface area contributed by atoms with Crippen LogP contribution in [0.15, 0.2) is 37.3 Å². The Morgan fingerprint density at radius 2 is 1.94 bits per heavy atom. The summed E-state index contributed by atoms with van der Waals surface area (Å²) < 4.78 is 15.3. The Labute approximate surface area is 193 Å². The van der Waals surface area contributed by atoms with Crippen molar-refractivity contribution in [3.8, 4) is 0 Å². The molecule has 0 saturated carbocycles. The Balaban J connectivity index is 1.53. The van der Waals surface area contributed by atoms with Crippen LogP contribution in [0.2, 0.25) is 0 Å². The van der Waals surface area contributed by atoms with Gasteiger partial charge in [0.2, 0.25) is 0 Å². The highest BCUT2D eigenvalue weighted by Crippen LogP contribution is 2.30. The van der Waals surface area contributed by atoms with Gasteiger partial charge in [-0.1, -0.05) is 19.1 Å². The van der Waals surface area contributed by atoms with Gasteiger partial charge in [0.05, 0.1) is 22.6 Å². The van der Waals surface area contributed by atoms with Gasteiger partial charge in [0.15, 0.2) is 5.82 Å². The molecule has 0 amide bonds. The molecule has 0 atom stereocenters. The van der Waals surface area contributed by atoms with Crippen LogP contribution in [-0.2, 0) is 0 Å². The molecule has 0 radical (unpaired) electrons. The first-order chi connectivity index (χ1) is 16.2. The van der Waals surface area contributed by atoms with Crippen molar-refractivity contribution < 1.29 is 4.39 Å². The van der Waals surface area contributed by atoms with E-state index < -0.39 is 0 Å². The van der Waals surface area contributed by atoms with Crippen molar-refractivity contribution in [3.05, 3.63) is 59.3 Å². The van der Waals surface area contributed by atoms with Crippen molar-refractivity contribution in [1.29, 1.82) is 0 Å². The molecular weight excluding hydrogens is 415 g/mol. The molecule has 2 fully saturated rings. The Bertz CT molecular complexity index is 1250. The van der Waals surface area contributed by atoms with E-state index in [1.807, 2.05) is 18.2 Å². The van der Waals surface area contributed by atoms with Crippen LogP contribution < -0.4 is 21.2 Å². The fourth-order valence-electron chi connectivity index (χ4n) is 5.30. The standard InChI is InChI=1S/C26H31FN6/c1-18(19-6-5-9-29-16-19)14-21-23(15-28)31-26-24(21)25(22(27)17-30-26)33-12-7-20(8-13-33)32-10-3-2-4-11-32/h5-6,9,14-17,20H,1-4,7-8,10-13,28H2,(H,30,31)/b21-14+,23-15+. The molecule has 2 saturated heterocycles. The molecule has 3 aromatic rings. The van der Waals surface area contributed by atoms with E-state index in [0.717, 1.165) is 47.7 Å². The lowest BCUT2D eigenvalue weighted by molar-refractivity contribution is 0.141. The molecule has 33 heavy (non-hydrogen) atoms. The number of pyridine rings is 2. The zero-order valence-electron chi connectivity index (χ0n) is 18.9. The summed E-state index contributed by atoms with van der Waals surface area (Å²) in [6, 6.07) is 4.42. The molecule has 3 N–H and O–H groups in total. The first-order valence-electron chi connectivity index (χ1n) is 11.8. The van der Waals surface area contributed by atoms with Crippen LogP contribution in [-0.4, -0.2) is 52.1 Å². The number of likely N-dealkylation sites (tertiary alicyclic amines) is 1. The van der Waals surface area contributed by atoms with E-state index in [4.69, 9.17) is 5.73 Å². The lowest BCUT2D eigenvalue weighted by Gasteiger charge is -2.41. The fraction of sp³-hybridized carbons (Fsp3) is 0.385. The average Bonchev–Trinajstić information content (AvgIpc) is 3.22. The molecule has 3 aromatic heterocycles. The Morgan fingerprint density at radius 1 is 1.15 bits per heavy atom. The second-order valence-corrected chi connectivity index (χ2v) is 9.02. The fourth-order valence-corrected chi connectivity index (χ4v) is 5.30. The first kappa shape index (κ1) is 21.6. The van der Waals surface area contributed by atoms with E-state index in [1.54, 1.807) is 12.4 Å². The normalized spacial score (nSPS) is 19.5. The Hall–Kier alpha value is -3.19. The van der Waals surface area contributed by atoms with Crippen LogP contribution in [0, 0.1) is 5.82 Å². The third-order valence-corrected chi connectivity index (χ3v) is 7.02. The summed E-state index contributed by atoms with van der Waals surface area (Å²) in [5.74, 6) is -0.303. The number of anilines is 1. The maximum Gasteiger partial charge on any atom is 0.165 e. The van der Waals surface area contributed by atoms with E-state index in [9.17, 15) is 0 Å². The Kier molecular flexibility index (Phi) is 6.13. The molecule has 7 heteroatoms. The summed E-state index contributed by atoms with van der Waals surface area (Å²) >= 11 is 0. The van der Waals surface area contributed by atoms with Crippen LogP contribution in [0.1, 0.15) is 37.7 Å². The number of allylic oxidation sites excluding steroid dienone is 1. The van der Waals surface area contributed by atoms with Crippen LogP contribution in [0.4, 0.5) is 10.1 Å². The highest BCUT2D eigenvalue weighted by atomic mass is 19.1. The van der Waals surface area contributed by atoms with Crippen molar-refractivity contribution >= 4 is 34.6 Å². The van der Waals surface area contributed by atoms with Crippen LogP contribution >= 0.6 is 0 Å². The number of nitrogens with one attached hydrogen (secondary N) is 1. The molecule has 5 rings (SSSR count). The maximum atomic E-state index is 15.3. The summed E-state index contributed by atoms with van der Waals surface area (Å²) in [6.45, 7) is 8.26. The lowest BCUT2D eigenvalue weighted by atomic mass is 9.99. The molecule has 0 aliphatic carbocycles. The predicted molar refractivity (Wildman–Crippen MR) is 132 cm³/mol. The molecule has 172 valence electrons. The molecule has 0 unspecified atom stereocenters. The second kappa shape index (κ2) is 9.35. The number of aromatic amines is 1. The molecule has 0 bridgehead atoms. The van der Waals surface area contributed by atoms with Gasteiger partial charge < -0.3 is 20.5 Å². The maximum absolute atomic E-state index is 15.3. The number of halogens is 1. The van der Waals surface area contributed by atoms with Gasteiger partial charge in [-0.2, -0.15) is 0 Å². The first-order valence-corrected chi connectivity index (χ1v) is 11.8. The van der Waals surface area contributed by atoms with Gasteiger partial charge in [0.1, 0.15) is 5.65 Å². The number of hydrogen-bond acceptors (Lipinski definition) is 5. The summed E-state index contributed by atoms with van der Waals surface area (Å²) in [4.78, 5) is 16.6. The topological polar surface area (TPSA) is 74.1 Å². The summed E-state index contributed by atoms with van der Waals surface area (Å²) in [5, 5.41) is 2.27. The summed E-state index contributed by atoms with van der Waals surface area (Å²) in [5.41, 5.74) is 8.86. The van der Waals surface area contributed by atoms with Crippen LogP contribution in [0.5, 0.6) is 0 Å². The number of aromatic nitrogens is 3. The number of piperidine rings is 2. The quantitative estimate of drug-likeness (QED) is 0.645. The summed E-state index contributed by atoms with van der Waals surface area (Å²) in [6.07, 6.45) is 14.3. The second-order valence-electron chi connectivity index (χ2n) is 9.02. The largest absolute Gasteiger partial charge is 0.403 e. The molecule has 0 aromatic carbocycles. The van der Waals surface area contributed by atoms with Gasteiger partial charge in [0, 0.05) is 42.9 Å². The van der Waals surface area contributed by atoms with Crippen LogP contribution in [0.3, 0.4) is 0 Å². The number of hydrogen-bond donors (Lipinski definition) is 2. The van der Waals surface area contributed by atoms with E-state index in [1.165, 1.54) is 44.7 Å². The van der Waals surface area contributed by atoms with Gasteiger partial charge in [-0.05, 0) is 62.1 Å². The smallest absolute Gasteiger partial charge is 0.165 e. The lowest BCUT2D eigenvalue weighted by Crippen LogP contribution is -2.47. The highest BCUT2D eigenvalue weighted by molar-refractivity contribution is 5.96. The third kappa shape index (κ3) is 4.25. The van der Waals surface area contributed by atoms with E-state index in [0.29, 0.717) is 22.7 Å². The van der Waals surface area contributed by atoms with Crippen molar-refractivity contribution in [1.82, 2.24) is 19.9 Å². The molecular formula is C26H31FN6. The highest BCUT2D eigenvalue weighted by Gasteiger charge is 2.28. The third-order valence-electron chi connectivity index (χ3n) is 7.02. The van der Waals surface area contributed by atoms with Gasteiger partial charge in [-0.3, -0.25) is 4.98 Å². The van der Waals surface area contributed by atoms with Crippen molar-refractivity contribution in [2.45, 2.75) is 38.1 Å². The number of rotatable bonds is 4. The van der Waals surface area contributed by atoms with Gasteiger partial charge in [-0.25, -0.2) is 9.37 Å². The predicted octanol–water partition coefficient (Wildman–Crippen LogP) is 2.74. The molecule has 2 aliphatic rings. The van der Waals surface area contributed by atoms with E-state index in [2.05, 4.69) is 31.3 Å². The zero-order chi connectivity index (χ0) is 22.8. The van der Waals surface area contributed by atoms with Gasteiger partial charge in [-0.15, -0.1) is 0 Å². The molecule has 5 heterocycles. The summed E-state index contributed by atoms with van der Waals surface area (Å²) in [7, 11) is 0. The number of fused-ring (bicyclic) bond motifs is 1. The van der Waals surface area contributed by atoms with Crippen molar-refractivity contribution in [2.24, 2.45) is 5.73 Å². The van der Waals surface area contributed by atoms with Gasteiger partial charge >= 0.3 is 0 Å².